The molecule has 1 aromatic heterocycles. The fraction of sp³-hybridized carbons (Fsp3) is 0.353. The molecule has 1 aliphatic heterocycles. The monoisotopic (exact) mass is 325 g/mol. The molecule has 5 nitrogen and oxygen atoms in total. The van der Waals surface area contributed by atoms with Crippen molar-refractivity contribution in [3.05, 3.63) is 41.5 Å². The maximum Gasteiger partial charge on any atom is 0.223 e. The molecule has 3 rings (SSSR count). The number of rotatable bonds is 3. The van der Waals surface area contributed by atoms with Gasteiger partial charge in [-0.05, 0) is 30.6 Å². The summed E-state index contributed by atoms with van der Waals surface area (Å²) >= 11 is 1.43. The third-order valence-electron chi connectivity index (χ3n) is 4.24. The molecular weight excluding hydrogens is 306 g/mol. The number of thioether (sulfide) groups is 1. The van der Waals surface area contributed by atoms with Crippen LogP contribution in [0.15, 0.2) is 35.4 Å². The minimum absolute atomic E-state index is 0.230. The van der Waals surface area contributed by atoms with Gasteiger partial charge in [0.05, 0.1) is 0 Å². The van der Waals surface area contributed by atoms with E-state index in [4.69, 9.17) is 5.73 Å². The summed E-state index contributed by atoms with van der Waals surface area (Å²) < 4.78 is 0. The predicted octanol–water partition coefficient (Wildman–Crippen LogP) is 3.04. The maximum atomic E-state index is 9.47. The van der Waals surface area contributed by atoms with Crippen molar-refractivity contribution in [2.45, 2.75) is 23.8 Å². The van der Waals surface area contributed by atoms with Crippen molar-refractivity contribution in [1.82, 2.24) is 9.97 Å². The van der Waals surface area contributed by atoms with Crippen molar-refractivity contribution in [3.8, 4) is 6.07 Å². The van der Waals surface area contributed by atoms with Gasteiger partial charge in [-0.25, -0.2) is 4.98 Å². The van der Waals surface area contributed by atoms with Crippen LogP contribution in [-0.4, -0.2) is 29.3 Å². The van der Waals surface area contributed by atoms with Crippen LogP contribution in [0.3, 0.4) is 0 Å². The van der Waals surface area contributed by atoms with Crippen LogP contribution in [-0.2, 0) is 0 Å². The summed E-state index contributed by atoms with van der Waals surface area (Å²) in [5, 5.41) is 10.1. The Kier molecular flexibility index (Phi) is 4.68. The van der Waals surface area contributed by atoms with Crippen LogP contribution < -0.4 is 10.6 Å². The number of benzene rings is 1. The average Bonchev–Trinajstić information content (AvgIpc) is 2.61. The zero-order valence-electron chi connectivity index (χ0n) is 13.1. The largest absolute Gasteiger partial charge is 0.368 e. The van der Waals surface area contributed by atoms with Gasteiger partial charge in [0.2, 0.25) is 5.95 Å². The number of hydrogen-bond acceptors (Lipinski definition) is 6. The summed E-state index contributed by atoms with van der Waals surface area (Å²) in [5.41, 5.74) is 7.73. The maximum absolute atomic E-state index is 9.47. The molecule has 0 radical (unpaired) electrons. The Bertz CT molecular complexity index is 718. The number of nitriles is 1. The second-order valence-electron chi connectivity index (χ2n) is 5.57. The van der Waals surface area contributed by atoms with E-state index in [0.717, 1.165) is 25.9 Å². The Morgan fingerprint density at radius 1 is 1.22 bits per heavy atom. The number of nitrogen functional groups attached to an aromatic ring is 1. The first kappa shape index (κ1) is 15.6. The first-order chi connectivity index (χ1) is 11.2. The van der Waals surface area contributed by atoms with E-state index in [-0.39, 0.29) is 5.95 Å². The van der Waals surface area contributed by atoms with E-state index >= 15 is 0 Å². The minimum Gasteiger partial charge on any atom is -0.368 e. The topological polar surface area (TPSA) is 78.8 Å². The molecule has 118 valence electrons. The van der Waals surface area contributed by atoms with Gasteiger partial charge >= 0.3 is 0 Å². The minimum atomic E-state index is 0.230. The van der Waals surface area contributed by atoms with Crippen LogP contribution in [0.2, 0.25) is 0 Å². The molecule has 1 aromatic carbocycles. The molecular formula is C17H19N5S. The Hall–Kier alpha value is -2.26. The molecule has 2 heterocycles. The van der Waals surface area contributed by atoms with E-state index in [1.807, 2.05) is 12.3 Å². The van der Waals surface area contributed by atoms with Gasteiger partial charge in [0.15, 0.2) is 5.82 Å². The highest BCUT2D eigenvalue weighted by molar-refractivity contribution is 7.98. The van der Waals surface area contributed by atoms with Gasteiger partial charge in [-0.2, -0.15) is 10.2 Å². The smallest absolute Gasteiger partial charge is 0.223 e. The Balaban J connectivity index is 1.80. The molecule has 1 fully saturated rings. The summed E-state index contributed by atoms with van der Waals surface area (Å²) in [7, 11) is 0. The van der Waals surface area contributed by atoms with E-state index in [9.17, 15) is 5.26 Å². The number of piperidine rings is 1. The lowest BCUT2D eigenvalue weighted by molar-refractivity contribution is 0.502. The molecule has 0 aliphatic carbocycles. The highest BCUT2D eigenvalue weighted by Gasteiger charge is 2.25. The summed E-state index contributed by atoms with van der Waals surface area (Å²) in [6, 6.07) is 12.8. The van der Waals surface area contributed by atoms with Crippen LogP contribution in [0.5, 0.6) is 0 Å². The lowest BCUT2D eigenvalue weighted by Gasteiger charge is -2.33. The van der Waals surface area contributed by atoms with E-state index < -0.39 is 0 Å². The molecule has 0 bridgehead atoms. The zero-order chi connectivity index (χ0) is 16.2. The number of nitrogens with zero attached hydrogens (tertiary/aromatic N) is 4. The van der Waals surface area contributed by atoms with Crippen LogP contribution in [0, 0.1) is 11.3 Å². The number of anilines is 2. The molecule has 23 heavy (non-hydrogen) atoms. The van der Waals surface area contributed by atoms with Gasteiger partial charge in [-0.15, -0.1) is 11.8 Å². The van der Waals surface area contributed by atoms with Crippen molar-refractivity contribution >= 4 is 23.5 Å². The average molecular weight is 325 g/mol. The molecule has 0 unspecified atom stereocenters. The Labute approximate surface area is 140 Å². The summed E-state index contributed by atoms with van der Waals surface area (Å²) in [5.74, 6) is 1.47. The highest BCUT2D eigenvalue weighted by Crippen LogP contribution is 2.33. The standard InChI is InChI=1S/C17H19N5S/c1-23-16-14(11-18)15(20-17(19)21-16)22-9-7-13(8-10-22)12-5-3-2-4-6-12/h2-6,13H,7-10H2,1H3,(H2,19,20,21). The van der Waals surface area contributed by atoms with E-state index in [1.54, 1.807) is 0 Å². The van der Waals surface area contributed by atoms with Crippen molar-refractivity contribution in [2.24, 2.45) is 0 Å². The highest BCUT2D eigenvalue weighted by atomic mass is 32.2. The normalized spacial score (nSPS) is 15.4. The first-order valence-electron chi connectivity index (χ1n) is 7.64. The molecule has 1 saturated heterocycles. The van der Waals surface area contributed by atoms with Gasteiger partial charge in [0.1, 0.15) is 16.7 Å². The fourth-order valence-electron chi connectivity index (χ4n) is 3.07. The quantitative estimate of drug-likeness (QED) is 0.690. The zero-order valence-corrected chi connectivity index (χ0v) is 13.9. The van der Waals surface area contributed by atoms with Gasteiger partial charge in [0.25, 0.3) is 0 Å². The fourth-order valence-corrected chi connectivity index (χ4v) is 3.60. The number of aromatic nitrogens is 2. The molecule has 0 saturated carbocycles. The third kappa shape index (κ3) is 3.25. The third-order valence-corrected chi connectivity index (χ3v) is 4.93. The lowest BCUT2D eigenvalue weighted by atomic mass is 9.89. The van der Waals surface area contributed by atoms with Gasteiger partial charge in [-0.3, -0.25) is 0 Å². The Morgan fingerprint density at radius 2 is 1.91 bits per heavy atom. The van der Waals surface area contributed by atoms with Crippen LogP contribution >= 0.6 is 11.8 Å². The number of hydrogen-bond donors (Lipinski definition) is 1. The summed E-state index contributed by atoms with van der Waals surface area (Å²) in [6.45, 7) is 1.75. The summed E-state index contributed by atoms with van der Waals surface area (Å²) in [6.07, 6.45) is 3.99. The molecule has 1 aliphatic rings. The van der Waals surface area contributed by atoms with E-state index in [2.05, 4.69) is 45.2 Å². The first-order valence-corrected chi connectivity index (χ1v) is 8.87. The van der Waals surface area contributed by atoms with Crippen molar-refractivity contribution in [2.75, 3.05) is 30.0 Å². The van der Waals surface area contributed by atoms with Crippen LogP contribution in [0.4, 0.5) is 11.8 Å². The van der Waals surface area contributed by atoms with E-state index in [1.165, 1.54) is 17.3 Å². The number of nitrogens with two attached hydrogens (primary N) is 1. The molecule has 0 amide bonds. The molecule has 0 atom stereocenters. The molecule has 2 aromatic rings. The van der Waals surface area contributed by atoms with Crippen molar-refractivity contribution in [1.29, 1.82) is 5.26 Å². The van der Waals surface area contributed by atoms with Gasteiger partial charge < -0.3 is 10.6 Å². The summed E-state index contributed by atoms with van der Waals surface area (Å²) in [4.78, 5) is 10.7. The molecule has 2 N–H and O–H groups in total. The van der Waals surface area contributed by atoms with Crippen LogP contribution in [0.1, 0.15) is 29.9 Å². The van der Waals surface area contributed by atoms with Crippen LogP contribution in [0.25, 0.3) is 0 Å². The van der Waals surface area contributed by atoms with Crippen molar-refractivity contribution < 1.29 is 0 Å². The van der Waals surface area contributed by atoms with E-state index in [0.29, 0.717) is 22.3 Å². The SMILES string of the molecule is CSc1nc(N)nc(N2CCC(c3ccccc3)CC2)c1C#N. The van der Waals surface area contributed by atoms with Crippen molar-refractivity contribution in [3.63, 3.8) is 0 Å². The second-order valence-corrected chi connectivity index (χ2v) is 6.37. The molecule has 6 heteroatoms. The second kappa shape index (κ2) is 6.88. The molecule has 0 spiro atoms. The Morgan fingerprint density at radius 3 is 2.52 bits per heavy atom. The lowest BCUT2D eigenvalue weighted by Crippen LogP contribution is -2.34. The van der Waals surface area contributed by atoms with Gasteiger partial charge in [0, 0.05) is 13.1 Å². The van der Waals surface area contributed by atoms with Gasteiger partial charge in [-0.1, -0.05) is 30.3 Å². The predicted molar refractivity (Wildman–Crippen MR) is 93.6 cm³/mol.